The van der Waals surface area contributed by atoms with E-state index < -0.39 is 6.04 Å². The van der Waals surface area contributed by atoms with E-state index in [0.29, 0.717) is 30.0 Å². The Morgan fingerprint density at radius 3 is 3.00 bits per heavy atom. The van der Waals surface area contributed by atoms with Gasteiger partial charge < -0.3 is 15.0 Å². The van der Waals surface area contributed by atoms with E-state index >= 15 is 0 Å². The van der Waals surface area contributed by atoms with Gasteiger partial charge in [-0.3, -0.25) is 0 Å². The predicted octanol–water partition coefficient (Wildman–Crippen LogP) is 3.19. The highest BCUT2D eigenvalue weighted by Gasteiger charge is 2.15. The van der Waals surface area contributed by atoms with E-state index in [1.54, 1.807) is 12.1 Å². The first kappa shape index (κ1) is 14.5. The van der Waals surface area contributed by atoms with Crippen LogP contribution in [0.5, 0.6) is 0 Å². The molecule has 1 atom stereocenters. The second kappa shape index (κ2) is 6.47. The summed E-state index contributed by atoms with van der Waals surface area (Å²) < 4.78 is 11.2. The summed E-state index contributed by atoms with van der Waals surface area (Å²) in [6.45, 7) is 2.86. The van der Waals surface area contributed by atoms with Crippen molar-refractivity contribution in [1.82, 2.24) is 10.1 Å². The van der Waals surface area contributed by atoms with Crippen LogP contribution in [0.15, 0.2) is 27.2 Å². The third-order valence-corrected chi connectivity index (χ3v) is 3.66. The Morgan fingerprint density at radius 2 is 2.32 bits per heavy atom. The summed E-state index contributed by atoms with van der Waals surface area (Å²) in [5, 5.41) is 4.48. The van der Waals surface area contributed by atoms with Crippen molar-refractivity contribution < 1.29 is 9.26 Å². The lowest BCUT2D eigenvalue weighted by Gasteiger charge is -2.05. The van der Waals surface area contributed by atoms with Crippen LogP contribution >= 0.6 is 27.5 Å². The zero-order valence-corrected chi connectivity index (χ0v) is 12.6. The molecular formula is C12H13BrClN3O2. The Morgan fingerprint density at radius 1 is 1.53 bits per heavy atom. The van der Waals surface area contributed by atoms with Gasteiger partial charge in [-0.25, -0.2) is 0 Å². The van der Waals surface area contributed by atoms with Crippen LogP contribution in [0.2, 0.25) is 5.02 Å². The van der Waals surface area contributed by atoms with Gasteiger partial charge in [-0.2, -0.15) is 4.98 Å². The second-order valence-electron chi connectivity index (χ2n) is 3.85. The summed E-state index contributed by atoms with van der Waals surface area (Å²) in [6, 6.07) is 4.98. The minimum absolute atomic E-state index is 0.361. The first-order valence-electron chi connectivity index (χ1n) is 5.74. The molecule has 0 fully saturated rings. The Bertz CT molecular complexity index is 562. The summed E-state index contributed by atoms with van der Waals surface area (Å²) in [4.78, 5) is 4.26. The fraction of sp³-hybridized carbons (Fsp3) is 0.333. The fourth-order valence-electron chi connectivity index (χ4n) is 1.45. The van der Waals surface area contributed by atoms with Gasteiger partial charge in [0.05, 0.1) is 17.7 Å². The number of nitrogens with two attached hydrogens (primary N) is 1. The van der Waals surface area contributed by atoms with Crippen molar-refractivity contribution in [3.05, 3.63) is 33.5 Å². The van der Waals surface area contributed by atoms with Crippen LogP contribution in [0.3, 0.4) is 0 Å². The first-order valence-corrected chi connectivity index (χ1v) is 6.91. The molecule has 0 aliphatic heterocycles. The maximum Gasteiger partial charge on any atom is 0.258 e. The smallest absolute Gasteiger partial charge is 0.258 e. The van der Waals surface area contributed by atoms with Crippen molar-refractivity contribution in [2.45, 2.75) is 13.0 Å². The lowest BCUT2D eigenvalue weighted by Crippen LogP contribution is -2.18. The molecule has 1 unspecified atom stereocenters. The number of nitrogens with zero attached hydrogens (tertiary/aromatic N) is 2. The Balaban J connectivity index is 2.18. The molecule has 19 heavy (non-hydrogen) atoms. The molecule has 2 rings (SSSR count). The van der Waals surface area contributed by atoms with E-state index in [1.165, 1.54) is 0 Å². The summed E-state index contributed by atoms with van der Waals surface area (Å²) in [7, 11) is 0. The van der Waals surface area contributed by atoms with Crippen molar-refractivity contribution in [2.75, 3.05) is 13.2 Å². The van der Waals surface area contributed by atoms with Gasteiger partial charge in [0.15, 0.2) is 5.82 Å². The molecular weight excluding hydrogens is 334 g/mol. The molecule has 102 valence electrons. The molecule has 0 aliphatic rings. The van der Waals surface area contributed by atoms with Crippen molar-refractivity contribution in [1.29, 1.82) is 0 Å². The van der Waals surface area contributed by atoms with E-state index in [9.17, 15) is 0 Å². The summed E-state index contributed by atoms with van der Waals surface area (Å²) in [5.74, 6) is 0.828. The number of hydrogen-bond acceptors (Lipinski definition) is 5. The molecule has 5 nitrogen and oxygen atoms in total. The number of rotatable bonds is 5. The Hall–Kier alpha value is -0.950. The van der Waals surface area contributed by atoms with Crippen LogP contribution in [0.25, 0.3) is 11.5 Å². The van der Waals surface area contributed by atoms with Gasteiger partial charge in [-0.05, 0) is 41.1 Å². The zero-order valence-electron chi connectivity index (χ0n) is 10.3. The van der Waals surface area contributed by atoms with Crippen molar-refractivity contribution in [2.24, 2.45) is 5.73 Å². The third-order valence-electron chi connectivity index (χ3n) is 2.44. The molecule has 0 aliphatic carbocycles. The molecule has 0 bridgehead atoms. The van der Waals surface area contributed by atoms with E-state index in [4.69, 9.17) is 26.6 Å². The number of hydrogen-bond donors (Lipinski definition) is 1. The zero-order chi connectivity index (χ0) is 13.8. The molecule has 1 heterocycles. The maximum atomic E-state index is 5.93. The largest absolute Gasteiger partial charge is 0.380 e. The number of halogens is 2. The van der Waals surface area contributed by atoms with Crippen LogP contribution < -0.4 is 5.73 Å². The first-order chi connectivity index (χ1) is 9.11. The lowest BCUT2D eigenvalue weighted by molar-refractivity contribution is 0.130. The summed E-state index contributed by atoms with van der Waals surface area (Å²) in [6.07, 6.45) is 0. The molecule has 2 aromatic rings. The summed E-state index contributed by atoms with van der Waals surface area (Å²) in [5.41, 5.74) is 6.66. The van der Waals surface area contributed by atoms with Gasteiger partial charge in [0.2, 0.25) is 0 Å². The van der Waals surface area contributed by atoms with Crippen molar-refractivity contribution in [3.8, 4) is 11.5 Å². The van der Waals surface area contributed by atoms with E-state index in [2.05, 4.69) is 26.1 Å². The molecule has 0 amide bonds. The highest BCUT2D eigenvalue weighted by molar-refractivity contribution is 9.10. The summed E-state index contributed by atoms with van der Waals surface area (Å²) >= 11 is 9.28. The van der Waals surface area contributed by atoms with Gasteiger partial charge >= 0.3 is 0 Å². The minimum atomic E-state index is -0.395. The monoisotopic (exact) mass is 345 g/mol. The minimum Gasteiger partial charge on any atom is -0.380 e. The normalized spacial score (nSPS) is 12.6. The molecule has 2 N–H and O–H groups in total. The highest BCUT2D eigenvalue weighted by atomic mass is 79.9. The molecule has 1 aromatic carbocycles. The third kappa shape index (κ3) is 3.54. The topological polar surface area (TPSA) is 74.2 Å². The number of aromatic nitrogens is 2. The van der Waals surface area contributed by atoms with Crippen LogP contribution in [-0.2, 0) is 4.74 Å². The average molecular weight is 347 g/mol. The van der Waals surface area contributed by atoms with Crippen LogP contribution in [0.4, 0.5) is 0 Å². The van der Waals surface area contributed by atoms with Gasteiger partial charge in [-0.1, -0.05) is 16.8 Å². The average Bonchev–Trinajstić information content (AvgIpc) is 2.89. The van der Waals surface area contributed by atoms with Crippen molar-refractivity contribution >= 4 is 27.5 Å². The van der Waals surface area contributed by atoms with E-state index in [0.717, 1.165) is 10.0 Å². The molecule has 0 spiro atoms. The standard InChI is InChI=1S/C12H13BrClN3O2/c1-2-18-6-10(15)11-16-12(19-17-11)7-3-4-9(14)8(13)5-7/h3-5,10H,2,6,15H2,1H3. The van der Waals surface area contributed by atoms with Gasteiger partial charge in [0, 0.05) is 16.6 Å². The molecule has 7 heteroatoms. The van der Waals surface area contributed by atoms with E-state index in [1.807, 2.05) is 13.0 Å². The Kier molecular flexibility index (Phi) is 4.93. The van der Waals surface area contributed by atoms with E-state index in [-0.39, 0.29) is 0 Å². The molecule has 0 saturated carbocycles. The lowest BCUT2D eigenvalue weighted by atomic mass is 10.2. The number of benzene rings is 1. The quantitative estimate of drug-likeness (QED) is 0.900. The highest BCUT2D eigenvalue weighted by Crippen LogP contribution is 2.28. The predicted molar refractivity (Wildman–Crippen MR) is 75.9 cm³/mol. The van der Waals surface area contributed by atoms with Crippen molar-refractivity contribution in [3.63, 3.8) is 0 Å². The van der Waals surface area contributed by atoms with Crippen LogP contribution in [0.1, 0.15) is 18.8 Å². The second-order valence-corrected chi connectivity index (χ2v) is 5.11. The SMILES string of the molecule is CCOCC(N)c1noc(-c2ccc(Cl)c(Br)c2)n1. The number of ether oxygens (including phenoxy) is 1. The van der Waals surface area contributed by atoms with Crippen LogP contribution in [-0.4, -0.2) is 23.4 Å². The Labute approximate surface area is 124 Å². The van der Waals surface area contributed by atoms with Gasteiger partial charge in [-0.15, -0.1) is 0 Å². The maximum absolute atomic E-state index is 5.93. The molecule has 1 aromatic heterocycles. The fourth-order valence-corrected chi connectivity index (χ4v) is 1.95. The van der Waals surface area contributed by atoms with Gasteiger partial charge in [0.25, 0.3) is 5.89 Å². The van der Waals surface area contributed by atoms with Crippen LogP contribution in [0, 0.1) is 0 Å². The molecule has 0 saturated heterocycles. The molecule has 0 radical (unpaired) electrons. The van der Waals surface area contributed by atoms with Gasteiger partial charge in [0.1, 0.15) is 0 Å².